The summed E-state index contributed by atoms with van der Waals surface area (Å²) < 4.78 is 5.43. The Balaban J connectivity index is 1.78. The van der Waals surface area contributed by atoms with Gasteiger partial charge in [-0.3, -0.25) is 4.79 Å². The molecule has 0 saturated carbocycles. The van der Waals surface area contributed by atoms with Crippen LogP contribution < -0.4 is 10.7 Å². The molecule has 102 valence electrons. The SMILES string of the molecule is O=C1NN(C(=O)c2cccs2)CC2(CCNCC2)O1. The second-order valence-corrected chi connectivity index (χ2v) is 5.75. The van der Waals surface area contributed by atoms with E-state index in [4.69, 9.17) is 4.74 Å². The van der Waals surface area contributed by atoms with Crippen molar-refractivity contribution in [3.63, 3.8) is 0 Å². The predicted molar refractivity (Wildman–Crippen MR) is 69.8 cm³/mol. The first-order valence-corrected chi connectivity index (χ1v) is 7.12. The fourth-order valence-electron chi connectivity index (χ4n) is 2.49. The van der Waals surface area contributed by atoms with Crippen LogP contribution in [0, 0.1) is 0 Å². The van der Waals surface area contributed by atoms with Crippen LogP contribution in [0.15, 0.2) is 17.5 Å². The summed E-state index contributed by atoms with van der Waals surface area (Å²) in [7, 11) is 0. The molecule has 0 aromatic carbocycles. The summed E-state index contributed by atoms with van der Waals surface area (Å²) in [5, 5.41) is 6.45. The standard InChI is InChI=1S/C12H15N3O3S/c16-10(9-2-1-7-19-9)15-8-12(18-11(17)14-15)3-5-13-6-4-12/h1-2,7,13H,3-6,8H2,(H,14,17). The van der Waals surface area contributed by atoms with E-state index in [-0.39, 0.29) is 5.91 Å². The molecular weight excluding hydrogens is 266 g/mol. The third-order valence-corrected chi connectivity index (χ3v) is 4.33. The molecule has 1 aromatic rings. The molecule has 2 fully saturated rings. The molecule has 2 aliphatic heterocycles. The van der Waals surface area contributed by atoms with Crippen LogP contribution in [0.1, 0.15) is 22.5 Å². The lowest BCUT2D eigenvalue weighted by atomic mass is 9.91. The molecule has 7 heteroatoms. The molecule has 2 aliphatic rings. The minimum absolute atomic E-state index is 0.176. The van der Waals surface area contributed by atoms with Gasteiger partial charge in [0.25, 0.3) is 5.91 Å². The van der Waals surface area contributed by atoms with Crippen molar-refractivity contribution in [1.29, 1.82) is 0 Å². The van der Waals surface area contributed by atoms with Crippen LogP contribution in [-0.2, 0) is 4.74 Å². The maximum atomic E-state index is 12.3. The number of thiophene rings is 1. The van der Waals surface area contributed by atoms with Gasteiger partial charge in [0.15, 0.2) is 0 Å². The minimum Gasteiger partial charge on any atom is -0.440 e. The maximum absolute atomic E-state index is 12.3. The lowest BCUT2D eigenvalue weighted by molar-refractivity contribution is -0.0732. The molecule has 19 heavy (non-hydrogen) atoms. The van der Waals surface area contributed by atoms with E-state index in [1.807, 2.05) is 11.4 Å². The Morgan fingerprint density at radius 2 is 2.21 bits per heavy atom. The van der Waals surface area contributed by atoms with Crippen LogP contribution in [0.5, 0.6) is 0 Å². The van der Waals surface area contributed by atoms with Gasteiger partial charge in [0.05, 0.1) is 11.4 Å². The zero-order valence-electron chi connectivity index (χ0n) is 10.3. The highest BCUT2D eigenvalue weighted by atomic mass is 32.1. The first-order chi connectivity index (χ1) is 9.19. The van der Waals surface area contributed by atoms with Crippen molar-refractivity contribution in [1.82, 2.24) is 15.8 Å². The summed E-state index contributed by atoms with van der Waals surface area (Å²) in [5.74, 6) is -0.176. The predicted octanol–water partition coefficient (Wildman–Crippen LogP) is 0.967. The fourth-order valence-corrected chi connectivity index (χ4v) is 3.16. The van der Waals surface area contributed by atoms with Crippen LogP contribution in [0.25, 0.3) is 0 Å². The largest absolute Gasteiger partial charge is 0.440 e. The average Bonchev–Trinajstić information content (AvgIpc) is 2.91. The van der Waals surface area contributed by atoms with Crippen LogP contribution in [0.4, 0.5) is 4.79 Å². The van der Waals surface area contributed by atoms with Crippen molar-refractivity contribution < 1.29 is 14.3 Å². The molecular formula is C12H15N3O3S. The second-order valence-electron chi connectivity index (χ2n) is 4.80. The number of amides is 2. The molecule has 3 rings (SSSR count). The number of carbonyl (C=O) groups is 2. The Morgan fingerprint density at radius 3 is 2.89 bits per heavy atom. The van der Waals surface area contributed by atoms with Crippen molar-refractivity contribution in [3.8, 4) is 0 Å². The van der Waals surface area contributed by atoms with E-state index in [1.54, 1.807) is 6.07 Å². The Hall–Kier alpha value is -1.60. The normalized spacial score (nSPS) is 21.9. The summed E-state index contributed by atoms with van der Waals surface area (Å²) in [4.78, 5) is 24.6. The molecule has 0 atom stereocenters. The molecule has 0 radical (unpaired) electrons. The van der Waals surface area contributed by atoms with Crippen LogP contribution in [0.3, 0.4) is 0 Å². The van der Waals surface area contributed by atoms with Crippen molar-refractivity contribution in [2.75, 3.05) is 19.6 Å². The highest BCUT2D eigenvalue weighted by Gasteiger charge is 2.43. The summed E-state index contributed by atoms with van der Waals surface area (Å²) >= 11 is 1.37. The van der Waals surface area contributed by atoms with E-state index in [9.17, 15) is 9.59 Å². The van der Waals surface area contributed by atoms with E-state index in [0.717, 1.165) is 25.9 Å². The van der Waals surface area contributed by atoms with E-state index in [0.29, 0.717) is 11.4 Å². The van der Waals surface area contributed by atoms with E-state index in [2.05, 4.69) is 10.7 Å². The van der Waals surface area contributed by atoms with Gasteiger partial charge >= 0.3 is 6.09 Å². The van der Waals surface area contributed by atoms with Gasteiger partial charge in [-0.1, -0.05) is 6.07 Å². The van der Waals surface area contributed by atoms with E-state index < -0.39 is 11.7 Å². The quantitative estimate of drug-likeness (QED) is 0.804. The Kier molecular flexibility index (Phi) is 3.16. The van der Waals surface area contributed by atoms with Crippen molar-refractivity contribution in [2.45, 2.75) is 18.4 Å². The van der Waals surface area contributed by atoms with Gasteiger partial charge in [0.1, 0.15) is 5.60 Å². The number of rotatable bonds is 1. The molecule has 2 N–H and O–H groups in total. The van der Waals surface area contributed by atoms with Gasteiger partial charge in [-0.15, -0.1) is 11.3 Å². The van der Waals surface area contributed by atoms with Gasteiger partial charge < -0.3 is 10.1 Å². The molecule has 6 nitrogen and oxygen atoms in total. The second kappa shape index (κ2) is 4.82. The molecule has 0 unspecified atom stereocenters. The molecule has 0 bridgehead atoms. The Bertz CT molecular complexity index is 482. The zero-order valence-corrected chi connectivity index (χ0v) is 11.2. The van der Waals surface area contributed by atoms with Crippen LogP contribution in [0.2, 0.25) is 0 Å². The number of ether oxygens (including phenoxy) is 1. The van der Waals surface area contributed by atoms with Gasteiger partial charge in [-0.05, 0) is 24.5 Å². The first-order valence-electron chi connectivity index (χ1n) is 6.24. The average molecular weight is 281 g/mol. The number of carbonyl (C=O) groups excluding carboxylic acids is 2. The zero-order chi connectivity index (χ0) is 13.3. The van der Waals surface area contributed by atoms with Crippen LogP contribution >= 0.6 is 11.3 Å². The summed E-state index contributed by atoms with van der Waals surface area (Å²) in [6, 6.07) is 3.57. The lowest BCUT2D eigenvalue weighted by Gasteiger charge is -2.44. The monoisotopic (exact) mass is 281 g/mol. The molecule has 0 aliphatic carbocycles. The third kappa shape index (κ3) is 2.43. The molecule has 2 saturated heterocycles. The fraction of sp³-hybridized carbons (Fsp3) is 0.500. The molecule has 1 spiro atoms. The third-order valence-electron chi connectivity index (χ3n) is 3.47. The number of hydrogen-bond donors (Lipinski definition) is 2. The van der Waals surface area contributed by atoms with Gasteiger partial charge in [0, 0.05) is 12.8 Å². The maximum Gasteiger partial charge on any atom is 0.426 e. The summed E-state index contributed by atoms with van der Waals surface area (Å²) in [6.07, 6.45) is 0.918. The molecule has 3 heterocycles. The lowest BCUT2D eigenvalue weighted by Crippen LogP contribution is -2.63. The molecule has 2 amide bonds. The number of piperidine rings is 1. The van der Waals surface area contributed by atoms with Crippen molar-refractivity contribution >= 4 is 23.3 Å². The van der Waals surface area contributed by atoms with Gasteiger partial charge in [-0.2, -0.15) is 0 Å². The van der Waals surface area contributed by atoms with E-state index >= 15 is 0 Å². The highest BCUT2D eigenvalue weighted by Crippen LogP contribution is 2.28. The van der Waals surface area contributed by atoms with Crippen LogP contribution in [-0.4, -0.2) is 42.2 Å². The first kappa shape index (κ1) is 12.4. The van der Waals surface area contributed by atoms with Gasteiger partial charge in [-0.25, -0.2) is 15.2 Å². The minimum atomic E-state index is -0.543. The summed E-state index contributed by atoms with van der Waals surface area (Å²) in [6.45, 7) is 2.00. The smallest absolute Gasteiger partial charge is 0.426 e. The molecule has 1 aromatic heterocycles. The van der Waals surface area contributed by atoms with Crippen molar-refractivity contribution in [3.05, 3.63) is 22.4 Å². The van der Waals surface area contributed by atoms with Gasteiger partial charge in [0.2, 0.25) is 0 Å². The number of hydrogen-bond acceptors (Lipinski definition) is 5. The van der Waals surface area contributed by atoms with Crippen molar-refractivity contribution in [2.24, 2.45) is 0 Å². The Morgan fingerprint density at radius 1 is 1.42 bits per heavy atom. The number of nitrogens with zero attached hydrogens (tertiary/aromatic N) is 1. The number of nitrogens with one attached hydrogen (secondary N) is 2. The number of hydrazine groups is 1. The highest BCUT2D eigenvalue weighted by molar-refractivity contribution is 7.12. The topological polar surface area (TPSA) is 70.7 Å². The van der Waals surface area contributed by atoms with E-state index in [1.165, 1.54) is 16.3 Å². The Labute approximate surface area is 114 Å². The summed E-state index contributed by atoms with van der Waals surface area (Å²) in [5.41, 5.74) is 1.94.